The van der Waals surface area contributed by atoms with Crippen LogP contribution in [0, 0.1) is 12.8 Å². The minimum absolute atomic E-state index is 0.163. The van der Waals surface area contributed by atoms with Crippen LogP contribution in [0.1, 0.15) is 31.9 Å². The summed E-state index contributed by atoms with van der Waals surface area (Å²) in [5.41, 5.74) is 2.28. The SMILES string of the molecule is CCOC(=O)C1C(C)=NN(S(=O)(=O)c2ccc(C)cc2)C2N(C)c3ccccc3C12C. The van der Waals surface area contributed by atoms with Gasteiger partial charge in [-0.2, -0.15) is 17.9 Å². The van der Waals surface area contributed by atoms with Crippen molar-refractivity contribution in [2.75, 3.05) is 18.6 Å². The monoisotopic (exact) mass is 441 g/mol. The van der Waals surface area contributed by atoms with E-state index in [1.54, 1.807) is 38.1 Å². The lowest BCUT2D eigenvalue weighted by atomic mass is 9.68. The number of likely N-dealkylation sites (N-methyl/N-ethyl adjacent to an activating group) is 1. The topological polar surface area (TPSA) is 79.3 Å². The number of hydrogen-bond acceptors (Lipinski definition) is 6. The summed E-state index contributed by atoms with van der Waals surface area (Å²) in [6.45, 7) is 7.53. The van der Waals surface area contributed by atoms with Crippen LogP contribution in [0.15, 0.2) is 58.5 Å². The molecule has 31 heavy (non-hydrogen) atoms. The zero-order valence-electron chi connectivity index (χ0n) is 18.4. The first-order chi connectivity index (χ1) is 14.6. The Balaban J connectivity index is 1.94. The number of carbonyl (C=O) groups is 1. The molecule has 3 atom stereocenters. The molecule has 0 saturated carbocycles. The highest BCUT2D eigenvalue weighted by molar-refractivity contribution is 7.89. The molecule has 7 nitrogen and oxygen atoms in total. The van der Waals surface area contributed by atoms with Crippen LogP contribution in [-0.2, 0) is 25.0 Å². The molecule has 2 aliphatic rings. The number of carbonyl (C=O) groups excluding carboxylic acids is 1. The molecule has 164 valence electrons. The van der Waals surface area contributed by atoms with Crippen LogP contribution in [0.2, 0.25) is 0 Å². The molecule has 0 aromatic heterocycles. The molecule has 0 spiro atoms. The van der Waals surface area contributed by atoms with Crippen molar-refractivity contribution in [3.8, 4) is 0 Å². The van der Waals surface area contributed by atoms with Crippen molar-refractivity contribution in [1.82, 2.24) is 4.41 Å². The fourth-order valence-corrected chi connectivity index (χ4v) is 6.49. The van der Waals surface area contributed by atoms with Crippen molar-refractivity contribution < 1.29 is 17.9 Å². The number of aryl methyl sites for hydroxylation is 1. The second-order valence-electron chi connectivity index (χ2n) is 8.30. The first kappa shape index (κ1) is 21.4. The quantitative estimate of drug-likeness (QED) is 0.681. The Kier molecular flexibility index (Phi) is 5.08. The molecular weight excluding hydrogens is 414 g/mol. The molecular formula is C23H27N3O4S. The van der Waals surface area contributed by atoms with E-state index in [-0.39, 0.29) is 11.5 Å². The van der Waals surface area contributed by atoms with E-state index in [1.165, 1.54) is 4.41 Å². The van der Waals surface area contributed by atoms with Gasteiger partial charge in [-0.15, -0.1) is 0 Å². The number of benzene rings is 2. The van der Waals surface area contributed by atoms with Crippen LogP contribution in [0.25, 0.3) is 0 Å². The van der Waals surface area contributed by atoms with E-state index >= 15 is 0 Å². The second-order valence-corrected chi connectivity index (χ2v) is 10.1. The number of rotatable bonds is 4. The van der Waals surface area contributed by atoms with Crippen molar-refractivity contribution >= 4 is 27.4 Å². The van der Waals surface area contributed by atoms with Gasteiger partial charge in [0.2, 0.25) is 0 Å². The fourth-order valence-electron chi connectivity index (χ4n) is 4.94. The Hall–Kier alpha value is -2.87. The van der Waals surface area contributed by atoms with Gasteiger partial charge in [0, 0.05) is 12.7 Å². The molecule has 4 rings (SSSR count). The van der Waals surface area contributed by atoms with Gasteiger partial charge in [-0.05, 0) is 44.5 Å². The molecule has 0 saturated heterocycles. The van der Waals surface area contributed by atoms with E-state index < -0.39 is 33.5 Å². The third-order valence-electron chi connectivity index (χ3n) is 6.34. The summed E-state index contributed by atoms with van der Waals surface area (Å²) in [5.74, 6) is -1.10. The van der Waals surface area contributed by atoms with E-state index in [0.29, 0.717) is 5.71 Å². The Bertz CT molecular complexity index is 1160. The van der Waals surface area contributed by atoms with Gasteiger partial charge in [-0.1, -0.05) is 42.8 Å². The van der Waals surface area contributed by atoms with E-state index in [4.69, 9.17) is 4.74 Å². The van der Waals surface area contributed by atoms with Gasteiger partial charge in [0.25, 0.3) is 10.0 Å². The highest BCUT2D eigenvalue weighted by Crippen LogP contribution is 2.53. The molecule has 2 aliphatic heterocycles. The van der Waals surface area contributed by atoms with Gasteiger partial charge >= 0.3 is 5.97 Å². The van der Waals surface area contributed by atoms with Gasteiger partial charge in [0.1, 0.15) is 12.1 Å². The van der Waals surface area contributed by atoms with Crippen molar-refractivity contribution in [1.29, 1.82) is 0 Å². The zero-order valence-corrected chi connectivity index (χ0v) is 19.2. The number of hydrazone groups is 1. The van der Waals surface area contributed by atoms with Crippen molar-refractivity contribution in [3.05, 3.63) is 59.7 Å². The molecule has 0 aliphatic carbocycles. The molecule has 0 amide bonds. The van der Waals surface area contributed by atoms with E-state index in [9.17, 15) is 13.2 Å². The minimum atomic E-state index is -3.96. The Morgan fingerprint density at radius 1 is 1.13 bits per heavy atom. The number of esters is 1. The Labute approximate surface area is 183 Å². The Morgan fingerprint density at radius 3 is 2.42 bits per heavy atom. The number of sulfonamides is 1. The van der Waals surface area contributed by atoms with Gasteiger partial charge in [-0.3, -0.25) is 4.79 Å². The predicted octanol–water partition coefficient (Wildman–Crippen LogP) is 3.29. The first-order valence-corrected chi connectivity index (χ1v) is 11.7. The summed E-state index contributed by atoms with van der Waals surface area (Å²) in [7, 11) is -2.13. The molecule has 8 heteroatoms. The lowest BCUT2D eigenvalue weighted by molar-refractivity contribution is -0.148. The summed E-state index contributed by atoms with van der Waals surface area (Å²) in [6, 6.07) is 14.4. The molecule has 0 bridgehead atoms. The molecule has 2 heterocycles. The van der Waals surface area contributed by atoms with Gasteiger partial charge in [-0.25, -0.2) is 0 Å². The third-order valence-corrected chi connectivity index (χ3v) is 7.98. The molecule has 0 fully saturated rings. The normalized spacial score (nSPS) is 25.0. The van der Waals surface area contributed by atoms with E-state index in [2.05, 4.69) is 5.10 Å². The average Bonchev–Trinajstić information content (AvgIpc) is 2.95. The van der Waals surface area contributed by atoms with Crippen molar-refractivity contribution in [3.63, 3.8) is 0 Å². The smallest absolute Gasteiger partial charge is 0.315 e. The lowest BCUT2D eigenvalue weighted by Gasteiger charge is -2.47. The highest BCUT2D eigenvalue weighted by atomic mass is 32.2. The van der Waals surface area contributed by atoms with Crippen LogP contribution < -0.4 is 4.90 Å². The van der Waals surface area contributed by atoms with Gasteiger partial charge < -0.3 is 9.64 Å². The summed E-state index contributed by atoms with van der Waals surface area (Å²) >= 11 is 0. The van der Waals surface area contributed by atoms with E-state index in [1.807, 2.05) is 50.1 Å². The van der Waals surface area contributed by atoms with Crippen LogP contribution in [0.3, 0.4) is 0 Å². The number of anilines is 1. The average molecular weight is 442 g/mol. The highest BCUT2D eigenvalue weighted by Gasteiger charge is 2.61. The fraction of sp³-hybridized carbons (Fsp3) is 0.391. The van der Waals surface area contributed by atoms with Crippen LogP contribution >= 0.6 is 0 Å². The standard InChI is InChI=1S/C23H27N3O4S/c1-6-30-21(27)20-16(3)24-26(31(28,29)17-13-11-15(2)12-14-17)22-23(20,4)18-9-7-8-10-19(18)25(22)5/h7-14,20,22H,6H2,1-5H3. The van der Waals surface area contributed by atoms with Crippen LogP contribution in [-0.4, -0.2) is 44.3 Å². The molecule has 2 aromatic carbocycles. The summed E-state index contributed by atoms with van der Waals surface area (Å²) in [6.07, 6.45) is -0.714. The third kappa shape index (κ3) is 3.04. The maximum atomic E-state index is 13.7. The molecule has 0 radical (unpaired) electrons. The van der Waals surface area contributed by atoms with Gasteiger partial charge in [0.15, 0.2) is 0 Å². The molecule has 2 aromatic rings. The number of fused-ring (bicyclic) bond motifs is 3. The first-order valence-electron chi connectivity index (χ1n) is 10.3. The second kappa shape index (κ2) is 7.37. The van der Waals surface area contributed by atoms with E-state index in [0.717, 1.165) is 16.8 Å². The molecule has 0 N–H and O–H groups in total. The van der Waals surface area contributed by atoms with Gasteiger partial charge in [0.05, 0.1) is 22.6 Å². The maximum absolute atomic E-state index is 13.7. The lowest BCUT2D eigenvalue weighted by Crippen LogP contribution is -2.62. The van der Waals surface area contributed by atoms with Crippen LogP contribution in [0.4, 0.5) is 5.69 Å². The summed E-state index contributed by atoms with van der Waals surface area (Å²) in [4.78, 5) is 15.1. The number of nitrogens with zero attached hydrogens (tertiary/aromatic N) is 3. The van der Waals surface area contributed by atoms with Crippen molar-refractivity contribution in [2.45, 2.75) is 44.2 Å². The maximum Gasteiger partial charge on any atom is 0.315 e. The summed E-state index contributed by atoms with van der Waals surface area (Å²) < 4.78 is 34.0. The summed E-state index contributed by atoms with van der Waals surface area (Å²) in [5, 5.41) is 4.48. The zero-order chi connectivity index (χ0) is 22.6. The number of para-hydroxylation sites is 1. The number of ether oxygens (including phenoxy) is 1. The largest absolute Gasteiger partial charge is 0.465 e. The van der Waals surface area contributed by atoms with Crippen LogP contribution in [0.5, 0.6) is 0 Å². The van der Waals surface area contributed by atoms with Crippen molar-refractivity contribution in [2.24, 2.45) is 11.0 Å². The number of hydrogen-bond donors (Lipinski definition) is 0. The Morgan fingerprint density at radius 2 is 1.77 bits per heavy atom. The molecule has 3 unspecified atom stereocenters. The minimum Gasteiger partial charge on any atom is -0.465 e. The predicted molar refractivity (Wildman–Crippen MR) is 119 cm³/mol.